The summed E-state index contributed by atoms with van der Waals surface area (Å²) in [5.41, 5.74) is 15.7. The monoisotopic (exact) mass is 156 g/mol. The van der Waals surface area contributed by atoms with Gasteiger partial charge in [-0.1, -0.05) is 10.2 Å². The molecule has 0 bridgehead atoms. The maximum atomic E-state index is 8.96. The van der Waals surface area contributed by atoms with E-state index in [9.17, 15) is 0 Å². The molecule has 0 amide bonds. The van der Waals surface area contributed by atoms with Crippen molar-refractivity contribution in [3.63, 3.8) is 0 Å². The summed E-state index contributed by atoms with van der Waals surface area (Å²) in [5, 5.41) is 15.3. The van der Waals surface area contributed by atoms with Crippen molar-refractivity contribution in [3.8, 4) is 0 Å². The largest absolute Gasteiger partial charge is 0.393 e. The van der Waals surface area contributed by atoms with Gasteiger partial charge in [-0.25, -0.2) is 0 Å². The van der Waals surface area contributed by atoms with Crippen molar-refractivity contribution in [2.24, 2.45) is 10.2 Å². The van der Waals surface area contributed by atoms with Gasteiger partial charge in [0.05, 0.1) is 12.6 Å². The van der Waals surface area contributed by atoms with Crippen molar-refractivity contribution in [3.05, 3.63) is 20.9 Å². The molecule has 0 aliphatic carbocycles. The molecule has 0 aliphatic rings. The Bertz CT molecular complexity index is 191. The lowest BCUT2D eigenvalue weighted by molar-refractivity contribution is 0.175. The molecule has 0 heterocycles. The highest BCUT2D eigenvalue weighted by molar-refractivity contribution is 4.61. The van der Waals surface area contributed by atoms with Crippen LogP contribution in [0.4, 0.5) is 0 Å². The molecule has 0 radical (unpaired) electrons. The van der Waals surface area contributed by atoms with Crippen molar-refractivity contribution in [2.75, 3.05) is 13.1 Å². The maximum Gasteiger partial charge on any atom is 0.0597 e. The fourth-order valence-corrected chi connectivity index (χ4v) is 0.474. The molecular weight excluding hydrogens is 148 g/mol. The molecule has 7 heteroatoms. The molecule has 0 spiro atoms. The highest BCUT2D eigenvalue weighted by Crippen LogP contribution is 1.92. The first-order valence-electron chi connectivity index (χ1n) is 3.01. The lowest BCUT2D eigenvalue weighted by atomic mass is 10.2. The summed E-state index contributed by atoms with van der Waals surface area (Å²) < 4.78 is 0. The quantitative estimate of drug-likeness (QED) is 0.361. The van der Waals surface area contributed by atoms with Gasteiger partial charge < -0.3 is 5.11 Å². The molecule has 1 unspecified atom stereocenters. The Kier molecular flexibility index (Phi) is 5.83. The third-order valence-electron chi connectivity index (χ3n) is 0.981. The zero-order valence-electron chi connectivity index (χ0n) is 5.83. The van der Waals surface area contributed by atoms with Crippen LogP contribution in [0.25, 0.3) is 20.9 Å². The molecule has 0 fully saturated rings. The van der Waals surface area contributed by atoms with Gasteiger partial charge in [-0.05, 0) is 17.5 Å². The first-order chi connectivity index (χ1) is 5.31. The van der Waals surface area contributed by atoms with E-state index in [4.69, 9.17) is 16.2 Å². The van der Waals surface area contributed by atoms with Gasteiger partial charge in [0.15, 0.2) is 0 Å². The van der Waals surface area contributed by atoms with Crippen LogP contribution in [0.3, 0.4) is 0 Å². The smallest absolute Gasteiger partial charge is 0.0597 e. The average molecular weight is 156 g/mol. The zero-order valence-corrected chi connectivity index (χ0v) is 5.83. The Labute approximate surface area is 62.9 Å². The molecule has 0 saturated carbocycles. The van der Waals surface area contributed by atoms with E-state index in [2.05, 4.69) is 20.1 Å². The third kappa shape index (κ3) is 6.47. The second-order valence-corrected chi connectivity index (χ2v) is 1.81. The van der Waals surface area contributed by atoms with Crippen molar-refractivity contribution in [1.82, 2.24) is 0 Å². The molecule has 1 atom stereocenters. The standard InChI is InChI=1S/C4H8N6O/c5-9-7-2-1-4(11)3-8-10-6/h4,11H,1-3H2. The number of azide groups is 2. The molecule has 7 nitrogen and oxygen atoms in total. The van der Waals surface area contributed by atoms with Gasteiger partial charge in [0.1, 0.15) is 0 Å². The van der Waals surface area contributed by atoms with Crippen LogP contribution in [0, 0.1) is 0 Å². The van der Waals surface area contributed by atoms with Crippen molar-refractivity contribution < 1.29 is 5.11 Å². The Morgan fingerprint density at radius 1 is 1.27 bits per heavy atom. The van der Waals surface area contributed by atoms with Gasteiger partial charge >= 0.3 is 0 Å². The van der Waals surface area contributed by atoms with E-state index in [-0.39, 0.29) is 13.1 Å². The van der Waals surface area contributed by atoms with E-state index >= 15 is 0 Å². The summed E-state index contributed by atoms with van der Waals surface area (Å²) in [5.74, 6) is 0. The van der Waals surface area contributed by atoms with Crippen molar-refractivity contribution in [1.29, 1.82) is 0 Å². The lowest BCUT2D eigenvalue weighted by Crippen LogP contribution is -2.11. The number of nitrogens with zero attached hydrogens (tertiary/aromatic N) is 6. The first-order valence-corrected chi connectivity index (χ1v) is 3.01. The number of rotatable bonds is 5. The van der Waals surface area contributed by atoms with Crippen LogP contribution >= 0.6 is 0 Å². The topological polar surface area (TPSA) is 118 Å². The molecule has 11 heavy (non-hydrogen) atoms. The first kappa shape index (κ1) is 9.58. The zero-order chi connectivity index (χ0) is 8.53. The normalized spacial score (nSPS) is 11.0. The predicted molar refractivity (Wildman–Crippen MR) is 38.6 cm³/mol. The van der Waals surface area contributed by atoms with Crippen LogP contribution in [0.1, 0.15) is 6.42 Å². The lowest BCUT2D eigenvalue weighted by Gasteiger charge is -2.01. The SMILES string of the molecule is [N-]=[N+]=NCCC(O)CN=[N+]=[N-]. The van der Waals surface area contributed by atoms with E-state index < -0.39 is 6.10 Å². The highest BCUT2D eigenvalue weighted by Gasteiger charge is 1.99. The molecule has 0 aromatic heterocycles. The highest BCUT2D eigenvalue weighted by atomic mass is 16.3. The van der Waals surface area contributed by atoms with Crippen LogP contribution in [0.2, 0.25) is 0 Å². The van der Waals surface area contributed by atoms with E-state index in [1.807, 2.05) is 0 Å². The Balaban J connectivity index is 3.43. The molecule has 1 N–H and O–H groups in total. The van der Waals surface area contributed by atoms with Crippen LogP contribution in [-0.4, -0.2) is 24.3 Å². The summed E-state index contributed by atoms with van der Waals surface area (Å²) in [6.45, 7) is 0.246. The van der Waals surface area contributed by atoms with Crippen LogP contribution in [0.15, 0.2) is 10.2 Å². The molecular formula is C4H8N6O. The molecule has 0 rings (SSSR count). The number of hydrogen-bond donors (Lipinski definition) is 1. The molecule has 0 aliphatic heterocycles. The van der Waals surface area contributed by atoms with Gasteiger partial charge in [0.2, 0.25) is 0 Å². The van der Waals surface area contributed by atoms with Crippen molar-refractivity contribution >= 4 is 0 Å². The second kappa shape index (κ2) is 6.70. The summed E-state index contributed by atoms with van der Waals surface area (Å²) in [4.78, 5) is 4.96. The van der Waals surface area contributed by atoms with Gasteiger partial charge in [0.25, 0.3) is 0 Å². The minimum atomic E-state index is -0.712. The second-order valence-electron chi connectivity index (χ2n) is 1.81. The Hall–Kier alpha value is -1.42. The maximum absolute atomic E-state index is 8.96. The van der Waals surface area contributed by atoms with Gasteiger partial charge in [0, 0.05) is 16.4 Å². The minimum absolute atomic E-state index is 0.0252. The van der Waals surface area contributed by atoms with Gasteiger partial charge in [-0.3, -0.25) is 0 Å². The number of aliphatic hydroxyl groups is 1. The van der Waals surface area contributed by atoms with Gasteiger partial charge in [-0.2, -0.15) is 0 Å². The van der Waals surface area contributed by atoms with E-state index in [0.29, 0.717) is 6.42 Å². The van der Waals surface area contributed by atoms with Gasteiger partial charge in [-0.15, -0.1) is 0 Å². The summed E-state index contributed by atoms with van der Waals surface area (Å²) in [6.07, 6.45) is -0.389. The molecule has 60 valence electrons. The van der Waals surface area contributed by atoms with E-state index in [1.165, 1.54) is 0 Å². The molecule has 0 aromatic carbocycles. The molecule has 0 saturated heterocycles. The molecule has 0 aromatic rings. The average Bonchev–Trinajstić information content (AvgIpc) is 2.01. The van der Waals surface area contributed by atoms with E-state index in [1.54, 1.807) is 0 Å². The summed E-state index contributed by atoms with van der Waals surface area (Å²) in [6, 6.07) is 0. The van der Waals surface area contributed by atoms with Crippen LogP contribution < -0.4 is 0 Å². The van der Waals surface area contributed by atoms with Crippen LogP contribution in [0.5, 0.6) is 0 Å². The number of aliphatic hydroxyl groups excluding tert-OH is 1. The Morgan fingerprint density at radius 3 is 2.45 bits per heavy atom. The fraction of sp³-hybridized carbons (Fsp3) is 1.00. The third-order valence-corrected chi connectivity index (χ3v) is 0.981. The minimum Gasteiger partial charge on any atom is -0.393 e. The summed E-state index contributed by atoms with van der Waals surface area (Å²) in [7, 11) is 0. The number of hydrogen-bond acceptors (Lipinski definition) is 3. The fourth-order valence-electron chi connectivity index (χ4n) is 0.474. The van der Waals surface area contributed by atoms with Crippen LogP contribution in [-0.2, 0) is 0 Å². The summed E-state index contributed by atoms with van der Waals surface area (Å²) >= 11 is 0. The van der Waals surface area contributed by atoms with E-state index in [0.717, 1.165) is 0 Å². The van der Waals surface area contributed by atoms with Crippen molar-refractivity contribution in [2.45, 2.75) is 12.5 Å². The predicted octanol–water partition coefficient (Wildman–Crippen LogP) is 1.36. The Morgan fingerprint density at radius 2 is 1.91 bits per heavy atom.